The SMILES string of the molecule is CCCCCCCCCCCCCCCCCCNC(=S)OCC(CC)CCCC.NC(=O)S. The van der Waals surface area contributed by atoms with Crippen molar-refractivity contribution in [3.05, 3.63) is 0 Å². The Kier molecular flexibility index (Phi) is 32.0. The van der Waals surface area contributed by atoms with Gasteiger partial charge in [-0.25, -0.2) is 0 Å². The first kappa shape index (κ1) is 35.7. The monoisotopic (exact) mass is 518 g/mol. The molecule has 0 aromatic carbocycles. The summed E-state index contributed by atoms with van der Waals surface area (Å²) in [6, 6.07) is 0. The molecule has 0 saturated carbocycles. The number of amides is 1. The van der Waals surface area contributed by atoms with E-state index in [1.165, 1.54) is 128 Å². The molecule has 0 fully saturated rings. The van der Waals surface area contributed by atoms with Gasteiger partial charge in [0.1, 0.15) is 0 Å². The summed E-state index contributed by atoms with van der Waals surface area (Å²) < 4.78 is 5.74. The van der Waals surface area contributed by atoms with E-state index < -0.39 is 5.24 Å². The molecule has 204 valence electrons. The highest BCUT2D eigenvalue weighted by Crippen LogP contribution is 2.14. The highest BCUT2D eigenvalue weighted by molar-refractivity contribution is 7.96. The maximum atomic E-state index is 9.09. The quantitative estimate of drug-likeness (QED) is 0.0716. The third kappa shape index (κ3) is 33.7. The Morgan fingerprint density at radius 1 is 0.765 bits per heavy atom. The van der Waals surface area contributed by atoms with Crippen LogP contribution in [0.5, 0.6) is 0 Å². The van der Waals surface area contributed by atoms with Crippen molar-refractivity contribution in [2.24, 2.45) is 11.7 Å². The number of nitrogens with one attached hydrogen (secondary N) is 1. The second-order valence-corrected chi connectivity index (χ2v) is 10.4. The lowest BCUT2D eigenvalue weighted by Gasteiger charge is -2.16. The lowest BCUT2D eigenvalue weighted by molar-refractivity contribution is 0.219. The molecule has 0 radical (unpaired) electrons. The van der Waals surface area contributed by atoms with Crippen LogP contribution in [0.25, 0.3) is 0 Å². The van der Waals surface area contributed by atoms with Crippen molar-refractivity contribution < 1.29 is 9.53 Å². The minimum Gasteiger partial charge on any atom is -0.471 e. The predicted octanol–water partition coefficient (Wildman–Crippen LogP) is 9.35. The second-order valence-electron chi connectivity index (χ2n) is 9.58. The van der Waals surface area contributed by atoms with E-state index in [-0.39, 0.29) is 0 Å². The maximum absolute atomic E-state index is 9.09. The van der Waals surface area contributed by atoms with Gasteiger partial charge in [0.2, 0.25) is 0 Å². The number of primary amides is 1. The Morgan fingerprint density at radius 2 is 1.15 bits per heavy atom. The van der Waals surface area contributed by atoms with E-state index in [4.69, 9.17) is 21.7 Å². The molecule has 0 aliphatic rings. The lowest BCUT2D eigenvalue weighted by atomic mass is 10.0. The summed E-state index contributed by atoms with van der Waals surface area (Å²) in [4.78, 5) is 9.09. The highest BCUT2D eigenvalue weighted by atomic mass is 32.1. The fourth-order valence-corrected chi connectivity index (χ4v) is 4.18. The van der Waals surface area contributed by atoms with Gasteiger partial charge in [0.15, 0.2) is 0 Å². The molecule has 1 unspecified atom stereocenters. The minimum atomic E-state index is -0.639. The molecule has 0 aromatic heterocycles. The Labute approximate surface area is 223 Å². The summed E-state index contributed by atoms with van der Waals surface area (Å²) in [6.07, 6.45) is 27.6. The highest BCUT2D eigenvalue weighted by Gasteiger charge is 2.07. The normalized spacial score (nSPS) is 11.4. The number of ether oxygens (including phenoxy) is 1. The first-order valence-corrected chi connectivity index (χ1v) is 15.2. The van der Waals surface area contributed by atoms with E-state index in [9.17, 15) is 0 Å². The van der Waals surface area contributed by atoms with Crippen LogP contribution in [0.4, 0.5) is 4.79 Å². The summed E-state index contributed by atoms with van der Waals surface area (Å²) in [7, 11) is 0. The zero-order valence-electron chi connectivity index (χ0n) is 22.9. The van der Waals surface area contributed by atoms with Crippen LogP contribution in [0.3, 0.4) is 0 Å². The summed E-state index contributed by atoms with van der Waals surface area (Å²) >= 11 is 8.41. The van der Waals surface area contributed by atoms with Gasteiger partial charge in [0.05, 0.1) is 6.61 Å². The first-order valence-electron chi connectivity index (χ1n) is 14.4. The van der Waals surface area contributed by atoms with E-state index >= 15 is 0 Å². The number of unbranched alkanes of at least 4 members (excludes halogenated alkanes) is 16. The molecule has 1 atom stereocenters. The number of thiol groups is 1. The average Bonchev–Trinajstić information content (AvgIpc) is 2.81. The van der Waals surface area contributed by atoms with Crippen molar-refractivity contribution in [1.82, 2.24) is 5.32 Å². The van der Waals surface area contributed by atoms with Gasteiger partial charge in [0.25, 0.3) is 10.4 Å². The number of nitrogens with two attached hydrogens (primary N) is 1. The molecule has 0 rings (SSSR count). The number of carbonyl (C=O) groups is 1. The van der Waals surface area contributed by atoms with Gasteiger partial charge in [-0.2, -0.15) is 0 Å². The predicted molar refractivity (Wildman–Crippen MR) is 158 cm³/mol. The topological polar surface area (TPSA) is 64.3 Å². The Morgan fingerprint density at radius 3 is 1.53 bits per heavy atom. The van der Waals surface area contributed by atoms with E-state index in [1.54, 1.807) is 0 Å². The van der Waals surface area contributed by atoms with E-state index in [1.807, 2.05) is 0 Å². The van der Waals surface area contributed by atoms with Crippen molar-refractivity contribution in [3.8, 4) is 0 Å². The molecule has 3 N–H and O–H groups in total. The molecule has 6 heteroatoms. The van der Waals surface area contributed by atoms with Crippen LogP contribution in [-0.4, -0.2) is 23.6 Å². The first-order chi connectivity index (χ1) is 16.5. The molecule has 0 aliphatic heterocycles. The summed E-state index contributed by atoms with van der Waals surface area (Å²) in [5, 5.41) is 3.24. The Bertz CT molecular complexity index is 433. The molecule has 4 nitrogen and oxygen atoms in total. The van der Waals surface area contributed by atoms with Gasteiger partial charge in [-0.05, 0) is 31.0 Å². The molecule has 0 aliphatic carbocycles. The maximum Gasteiger partial charge on any atom is 0.273 e. The lowest BCUT2D eigenvalue weighted by Crippen LogP contribution is -2.27. The molecule has 0 bridgehead atoms. The third-order valence-corrected chi connectivity index (χ3v) is 6.56. The average molecular weight is 519 g/mol. The number of hydrogen-bond acceptors (Lipinski definition) is 3. The molecule has 0 saturated heterocycles. The standard InChI is InChI=1S/C27H55NOS.CH3NOS/c1-4-7-9-10-11-12-13-14-15-16-17-18-19-20-21-22-24-28-27(30)29-25-26(6-3)23-8-5-2;2-1(3)4/h26H,4-25H2,1-3H3,(H,28,30);(H3,2,3,4). The third-order valence-electron chi connectivity index (χ3n) is 6.29. The van der Waals surface area contributed by atoms with Gasteiger partial charge in [-0.1, -0.05) is 149 Å². The number of carbonyl (C=O) groups excluding carboxylic acids is 1. The van der Waals surface area contributed by atoms with E-state index in [0.29, 0.717) is 11.1 Å². The van der Waals surface area contributed by atoms with Crippen molar-refractivity contribution in [3.63, 3.8) is 0 Å². The molecule has 0 heterocycles. The van der Waals surface area contributed by atoms with Crippen LogP contribution < -0.4 is 11.1 Å². The minimum absolute atomic E-state index is 0.603. The van der Waals surface area contributed by atoms with Crippen LogP contribution in [0.1, 0.15) is 149 Å². The van der Waals surface area contributed by atoms with Gasteiger partial charge in [0, 0.05) is 6.54 Å². The van der Waals surface area contributed by atoms with Crippen molar-refractivity contribution in [1.29, 1.82) is 0 Å². The van der Waals surface area contributed by atoms with Gasteiger partial charge in [-0.15, -0.1) is 0 Å². The van der Waals surface area contributed by atoms with Gasteiger partial charge in [-0.3, -0.25) is 4.79 Å². The molecule has 0 aromatic rings. The van der Waals surface area contributed by atoms with Gasteiger partial charge < -0.3 is 15.8 Å². The van der Waals surface area contributed by atoms with Crippen molar-refractivity contribution in [2.45, 2.75) is 149 Å². The number of hydrogen-bond donors (Lipinski definition) is 3. The molecular weight excluding hydrogens is 460 g/mol. The summed E-state index contributed by atoms with van der Waals surface area (Å²) in [6.45, 7) is 8.53. The fraction of sp³-hybridized carbons (Fsp3) is 0.929. The van der Waals surface area contributed by atoms with E-state index in [0.717, 1.165) is 13.2 Å². The van der Waals surface area contributed by atoms with Crippen LogP contribution in [0.2, 0.25) is 0 Å². The number of rotatable bonds is 23. The Balaban J connectivity index is 0. The van der Waals surface area contributed by atoms with Crippen LogP contribution in [-0.2, 0) is 4.74 Å². The fourth-order valence-electron chi connectivity index (χ4n) is 4.01. The molecule has 34 heavy (non-hydrogen) atoms. The van der Waals surface area contributed by atoms with Crippen LogP contribution >= 0.6 is 24.8 Å². The zero-order valence-corrected chi connectivity index (χ0v) is 24.6. The number of thiocarbonyl (C=S) groups is 1. The molecule has 0 spiro atoms. The molecular formula is C28H58N2O2S2. The van der Waals surface area contributed by atoms with Gasteiger partial charge >= 0.3 is 0 Å². The summed E-state index contributed by atoms with van der Waals surface area (Å²) in [5.74, 6) is 0.653. The van der Waals surface area contributed by atoms with E-state index in [2.05, 4.69) is 44.5 Å². The Hall–Kier alpha value is -0.490. The summed E-state index contributed by atoms with van der Waals surface area (Å²) in [5.41, 5.74) is 4.34. The smallest absolute Gasteiger partial charge is 0.273 e. The molecule has 1 amide bonds. The van der Waals surface area contributed by atoms with Crippen molar-refractivity contribution in [2.75, 3.05) is 13.2 Å². The second kappa shape index (κ2) is 30.5. The zero-order chi connectivity index (χ0) is 25.7. The largest absolute Gasteiger partial charge is 0.471 e. The van der Waals surface area contributed by atoms with Crippen LogP contribution in [0.15, 0.2) is 0 Å². The van der Waals surface area contributed by atoms with Crippen molar-refractivity contribution >= 4 is 35.3 Å². The van der Waals surface area contributed by atoms with Crippen LogP contribution in [0, 0.1) is 5.92 Å².